The van der Waals surface area contributed by atoms with E-state index in [1.54, 1.807) is 25.0 Å². The molecule has 0 radical (unpaired) electrons. The van der Waals surface area contributed by atoms with Crippen molar-refractivity contribution in [2.24, 2.45) is 13.0 Å². The fraction of sp³-hybridized carbons (Fsp3) is 0.750. The van der Waals surface area contributed by atoms with Crippen molar-refractivity contribution in [3.63, 3.8) is 0 Å². The lowest BCUT2D eigenvalue weighted by atomic mass is 9.90. The third kappa shape index (κ3) is 1.36. The zero-order valence-corrected chi connectivity index (χ0v) is 8.58. The van der Waals surface area contributed by atoms with Crippen LogP contribution in [0.15, 0.2) is 6.20 Å². The number of nitrogens with zero attached hydrogens (tertiary/aromatic N) is 3. The normalized spacial score (nSPS) is 33.9. The number of hydrogen-bond acceptors (Lipinski definition) is 4. The van der Waals surface area contributed by atoms with Gasteiger partial charge in [0.05, 0.1) is 6.20 Å². The first-order valence-electron chi connectivity index (χ1n) is 4.30. The Balaban J connectivity index is 2.33. The van der Waals surface area contributed by atoms with Crippen LogP contribution in [0.5, 0.6) is 0 Å². The summed E-state index contributed by atoms with van der Waals surface area (Å²) in [7, 11) is 1.76. The number of rotatable bonds is 1. The second-order valence-electron chi connectivity index (χ2n) is 3.56. The molecule has 5 heteroatoms. The first kappa shape index (κ1) is 9.02. The minimum atomic E-state index is -0.765. The summed E-state index contributed by atoms with van der Waals surface area (Å²) >= 11 is 1.77. The summed E-state index contributed by atoms with van der Waals surface area (Å²) in [4.78, 5) is 1.49. The van der Waals surface area contributed by atoms with Crippen LogP contribution in [-0.2, 0) is 12.6 Å². The summed E-state index contributed by atoms with van der Waals surface area (Å²) in [5.74, 6) is 1.98. The molecular formula is C8H13N3OS. The molecule has 13 heavy (non-hydrogen) atoms. The van der Waals surface area contributed by atoms with Gasteiger partial charge in [-0.15, -0.1) is 0 Å². The van der Waals surface area contributed by atoms with Crippen molar-refractivity contribution in [3.05, 3.63) is 11.9 Å². The molecule has 4 nitrogen and oxygen atoms in total. The molecule has 0 amide bonds. The second-order valence-corrected chi connectivity index (χ2v) is 4.59. The fourth-order valence-corrected chi connectivity index (χ4v) is 3.03. The molecule has 1 saturated heterocycles. The Hall–Kier alpha value is -0.550. The Bertz CT molecular complexity index is 314. The molecule has 1 aliphatic rings. The van der Waals surface area contributed by atoms with Crippen LogP contribution in [-0.4, -0.2) is 31.6 Å². The van der Waals surface area contributed by atoms with E-state index in [1.165, 1.54) is 4.80 Å². The molecule has 1 fully saturated rings. The Kier molecular flexibility index (Phi) is 2.08. The van der Waals surface area contributed by atoms with E-state index < -0.39 is 5.60 Å². The zero-order valence-electron chi connectivity index (χ0n) is 7.77. The lowest BCUT2D eigenvalue weighted by Crippen LogP contribution is -2.32. The lowest BCUT2D eigenvalue weighted by molar-refractivity contribution is 0.0187. The predicted molar refractivity (Wildman–Crippen MR) is 51.4 cm³/mol. The van der Waals surface area contributed by atoms with Gasteiger partial charge in [0.25, 0.3) is 0 Å². The van der Waals surface area contributed by atoms with Gasteiger partial charge < -0.3 is 5.11 Å². The van der Waals surface area contributed by atoms with Gasteiger partial charge in [-0.25, -0.2) is 0 Å². The van der Waals surface area contributed by atoms with E-state index in [0.29, 0.717) is 5.69 Å². The first-order chi connectivity index (χ1) is 6.13. The number of aromatic nitrogens is 3. The molecule has 0 spiro atoms. The van der Waals surface area contributed by atoms with Crippen LogP contribution in [0, 0.1) is 5.92 Å². The molecule has 2 rings (SSSR count). The highest BCUT2D eigenvalue weighted by Crippen LogP contribution is 2.39. The van der Waals surface area contributed by atoms with E-state index in [9.17, 15) is 5.11 Å². The molecule has 2 atom stereocenters. The summed E-state index contributed by atoms with van der Waals surface area (Å²) in [5, 5.41) is 18.4. The van der Waals surface area contributed by atoms with E-state index in [1.807, 2.05) is 0 Å². The van der Waals surface area contributed by atoms with Crippen LogP contribution >= 0.6 is 11.8 Å². The summed E-state index contributed by atoms with van der Waals surface area (Å²) in [6.07, 6.45) is 1.66. The van der Waals surface area contributed by atoms with Crippen LogP contribution in [0.4, 0.5) is 0 Å². The Morgan fingerprint density at radius 2 is 2.54 bits per heavy atom. The maximum Gasteiger partial charge on any atom is 0.122 e. The van der Waals surface area contributed by atoms with Gasteiger partial charge in [0, 0.05) is 18.7 Å². The number of aryl methyl sites for hydroxylation is 1. The van der Waals surface area contributed by atoms with Gasteiger partial charge in [-0.1, -0.05) is 6.92 Å². The zero-order chi connectivity index (χ0) is 9.47. The van der Waals surface area contributed by atoms with Gasteiger partial charge in [-0.2, -0.15) is 26.8 Å². The van der Waals surface area contributed by atoms with Gasteiger partial charge in [0.2, 0.25) is 0 Å². The van der Waals surface area contributed by atoms with Crippen LogP contribution in [0.1, 0.15) is 12.6 Å². The molecule has 2 heterocycles. The minimum absolute atomic E-state index is 0.259. The fourth-order valence-electron chi connectivity index (χ4n) is 1.54. The largest absolute Gasteiger partial charge is 0.382 e. The number of thioether (sulfide) groups is 1. The molecule has 1 N–H and O–H groups in total. The van der Waals surface area contributed by atoms with Crippen molar-refractivity contribution in [3.8, 4) is 0 Å². The van der Waals surface area contributed by atoms with Crippen molar-refractivity contribution < 1.29 is 5.11 Å². The first-order valence-corrected chi connectivity index (χ1v) is 5.45. The maximum atomic E-state index is 10.3. The van der Waals surface area contributed by atoms with Crippen LogP contribution in [0.2, 0.25) is 0 Å². The quantitative estimate of drug-likeness (QED) is 0.710. The van der Waals surface area contributed by atoms with Crippen LogP contribution < -0.4 is 0 Å². The van der Waals surface area contributed by atoms with Crippen molar-refractivity contribution >= 4 is 11.8 Å². The van der Waals surface area contributed by atoms with Crippen LogP contribution in [0.25, 0.3) is 0 Å². The van der Waals surface area contributed by atoms with Crippen molar-refractivity contribution in [2.45, 2.75) is 12.5 Å². The Morgan fingerprint density at radius 1 is 1.77 bits per heavy atom. The lowest BCUT2D eigenvalue weighted by Gasteiger charge is -2.23. The summed E-state index contributed by atoms with van der Waals surface area (Å²) in [6.45, 7) is 2.05. The van der Waals surface area contributed by atoms with E-state index in [2.05, 4.69) is 17.1 Å². The minimum Gasteiger partial charge on any atom is -0.382 e. The summed E-state index contributed by atoms with van der Waals surface area (Å²) in [5.41, 5.74) is -0.0636. The average molecular weight is 199 g/mol. The Morgan fingerprint density at radius 3 is 3.00 bits per heavy atom. The topological polar surface area (TPSA) is 50.9 Å². The Labute approximate surface area is 81.3 Å². The van der Waals surface area contributed by atoms with Gasteiger partial charge in [-0.3, -0.25) is 0 Å². The number of aliphatic hydroxyl groups is 1. The monoisotopic (exact) mass is 199 g/mol. The molecule has 1 aromatic heterocycles. The van der Waals surface area contributed by atoms with Crippen molar-refractivity contribution in [2.75, 3.05) is 11.5 Å². The summed E-state index contributed by atoms with van der Waals surface area (Å²) in [6, 6.07) is 0. The molecule has 0 bridgehead atoms. The van der Waals surface area contributed by atoms with Gasteiger partial charge >= 0.3 is 0 Å². The molecular weight excluding hydrogens is 186 g/mol. The van der Waals surface area contributed by atoms with Crippen LogP contribution in [0.3, 0.4) is 0 Å². The smallest absolute Gasteiger partial charge is 0.122 e. The molecule has 0 aliphatic carbocycles. The van der Waals surface area contributed by atoms with E-state index >= 15 is 0 Å². The third-order valence-corrected chi connectivity index (χ3v) is 3.93. The van der Waals surface area contributed by atoms with Gasteiger partial charge in [0.1, 0.15) is 11.3 Å². The van der Waals surface area contributed by atoms with E-state index in [4.69, 9.17) is 0 Å². The highest BCUT2D eigenvalue weighted by atomic mass is 32.2. The SMILES string of the molecule is CC1CSCC1(O)c1cnn(C)n1. The predicted octanol–water partition coefficient (Wildman–Crippen LogP) is 0.386. The maximum absolute atomic E-state index is 10.3. The highest BCUT2D eigenvalue weighted by molar-refractivity contribution is 7.99. The standard InChI is InChI=1S/C8H13N3OS/c1-6-4-13-5-8(6,12)7-3-9-11(2)10-7/h3,6,12H,4-5H2,1-2H3. The highest BCUT2D eigenvalue weighted by Gasteiger charge is 2.42. The molecule has 72 valence electrons. The van der Waals surface area contributed by atoms with Crippen molar-refractivity contribution in [1.29, 1.82) is 0 Å². The third-order valence-electron chi connectivity index (χ3n) is 2.55. The molecule has 0 aromatic carbocycles. The van der Waals surface area contributed by atoms with E-state index in [-0.39, 0.29) is 5.92 Å². The summed E-state index contributed by atoms with van der Waals surface area (Å²) < 4.78 is 0. The van der Waals surface area contributed by atoms with E-state index in [0.717, 1.165) is 11.5 Å². The molecule has 2 unspecified atom stereocenters. The average Bonchev–Trinajstić information content (AvgIpc) is 2.62. The van der Waals surface area contributed by atoms with Gasteiger partial charge in [0.15, 0.2) is 0 Å². The molecule has 0 saturated carbocycles. The molecule has 1 aliphatic heterocycles. The number of hydrogen-bond donors (Lipinski definition) is 1. The van der Waals surface area contributed by atoms with Gasteiger partial charge in [-0.05, 0) is 5.75 Å². The second kappa shape index (κ2) is 2.99. The van der Waals surface area contributed by atoms with Crippen molar-refractivity contribution in [1.82, 2.24) is 15.0 Å². The molecule has 1 aromatic rings.